The average Bonchev–Trinajstić information content (AvgIpc) is 3.70. The molecule has 2 N–H and O–H groups in total. The highest BCUT2D eigenvalue weighted by Gasteiger charge is 2.65. The third-order valence-electron chi connectivity index (χ3n) is 14.5. The number of likely N-dealkylation sites (N-methyl/N-ethyl adjacent to an activating group) is 1. The van der Waals surface area contributed by atoms with Crippen LogP contribution in [0, 0.1) is 29.6 Å². The van der Waals surface area contributed by atoms with Crippen LogP contribution < -0.4 is 4.74 Å². The molecule has 280 valence electrons. The Balaban J connectivity index is 1.32. The van der Waals surface area contributed by atoms with Crippen LogP contribution in [0.4, 0.5) is 0 Å². The van der Waals surface area contributed by atoms with Crippen LogP contribution in [-0.2, 0) is 42.1 Å². The van der Waals surface area contributed by atoms with E-state index in [2.05, 4.69) is 72.2 Å². The van der Waals surface area contributed by atoms with E-state index in [4.69, 9.17) is 14.2 Å². The zero-order valence-corrected chi connectivity index (χ0v) is 31.8. The summed E-state index contributed by atoms with van der Waals surface area (Å²) in [7, 11) is 6.90. The van der Waals surface area contributed by atoms with Gasteiger partial charge in [-0.15, -0.1) is 0 Å². The Morgan fingerprint density at radius 2 is 1.74 bits per heavy atom. The van der Waals surface area contributed by atoms with Crippen molar-refractivity contribution in [3.8, 4) is 5.75 Å². The van der Waals surface area contributed by atoms with Crippen molar-refractivity contribution in [2.75, 3.05) is 41.5 Å². The number of para-hydroxylation sites is 1. The number of amides is 1. The van der Waals surface area contributed by atoms with Crippen molar-refractivity contribution in [3.63, 3.8) is 0 Å². The Bertz CT molecular complexity index is 2140. The van der Waals surface area contributed by atoms with Crippen molar-refractivity contribution in [1.82, 2.24) is 19.8 Å². The lowest BCUT2D eigenvalue weighted by molar-refractivity contribution is -0.172. The monoisotopic (exact) mass is 720 g/mol. The lowest BCUT2D eigenvalue weighted by Crippen LogP contribution is -2.69. The molecule has 53 heavy (non-hydrogen) atoms. The molecule has 0 radical (unpaired) electrons. The summed E-state index contributed by atoms with van der Waals surface area (Å²) < 4.78 is 17.6. The number of fused-ring (bicyclic) bond motifs is 9. The first kappa shape index (κ1) is 34.5. The number of hydrogen-bond acceptors (Lipinski definition) is 7. The van der Waals surface area contributed by atoms with E-state index in [1.165, 1.54) is 25.2 Å². The zero-order valence-electron chi connectivity index (χ0n) is 31.8. The summed E-state index contributed by atoms with van der Waals surface area (Å²) in [5.41, 5.74) is 6.48. The van der Waals surface area contributed by atoms with Crippen LogP contribution in [0.2, 0.25) is 0 Å². The van der Waals surface area contributed by atoms with Gasteiger partial charge in [-0.05, 0) is 86.2 Å². The molecule has 3 saturated heterocycles. The second kappa shape index (κ2) is 12.6. The van der Waals surface area contributed by atoms with E-state index in [9.17, 15) is 14.4 Å². The van der Waals surface area contributed by atoms with Gasteiger partial charge < -0.3 is 34.0 Å². The van der Waals surface area contributed by atoms with Crippen molar-refractivity contribution < 1.29 is 28.6 Å². The molecule has 6 aliphatic rings. The quantitative estimate of drug-likeness (QED) is 0.232. The van der Waals surface area contributed by atoms with E-state index in [-0.39, 0.29) is 59.5 Å². The number of ether oxygens (including phenoxy) is 3. The van der Waals surface area contributed by atoms with Crippen LogP contribution in [-0.4, -0.2) is 91.2 Å². The summed E-state index contributed by atoms with van der Waals surface area (Å²) in [6, 6.07) is 12.4. The zero-order chi connectivity index (χ0) is 36.9. The Kier molecular flexibility index (Phi) is 8.22. The summed E-state index contributed by atoms with van der Waals surface area (Å²) in [5.74, 6) is 0.487. The summed E-state index contributed by atoms with van der Waals surface area (Å²) in [6.07, 6.45) is 5.20. The number of nitrogens with one attached hydrogen (secondary N) is 2. The van der Waals surface area contributed by atoms with E-state index in [0.717, 1.165) is 83.3 Å². The third kappa shape index (κ3) is 4.69. The highest BCUT2D eigenvalue weighted by molar-refractivity contribution is 5.97. The van der Waals surface area contributed by atoms with Crippen LogP contribution in [0.3, 0.4) is 0 Å². The van der Waals surface area contributed by atoms with E-state index < -0.39 is 5.41 Å². The van der Waals surface area contributed by atoms with Gasteiger partial charge in [0.05, 0.1) is 38.8 Å². The van der Waals surface area contributed by atoms with Crippen LogP contribution in [0.15, 0.2) is 36.4 Å². The van der Waals surface area contributed by atoms with Gasteiger partial charge in [-0.2, -0.15) is 0 Å². The molecule has 10 nitrogen and oxygen atoms in total. The lowest BCUT2D eigenvalue weighted by atomic mass is 9.56. The predicted octanol–water partition coefficient (Wildman–Crippen LogP) is 6.10. The third-order valence-corrected chi connectivity index (χ3v) is 14.5. The summed E-state index contributed by atoms with van der Waals surface area (Å²) in [6.45, 7) is 5.90. The Hall–Kier alpha value is -4.31. The molecule has 9 atom stereocenters. The molecule has 1 amide bonds. The number of methoxy groups -OCH3 is 3. The van der Waals surface area contributed by atoms with Gasteiger partial charge in [-0.1, -0.05) is 44.9 Å². The topological polar surface area (TPSA) is 117 Å². The molecule has 2 aliphatic carbocycles. The smallest absolute Gasteiger partial charge is 0.319 e. The number of rotatable bonds is 6. The minimum absolute atomic E-state index is 0.00667. The van der Waals surface area contributed by atoms with Gasteiger partial charge in [-0.25, -0.2) is 0 Å². The molecule has 6 bridgehead atoms. The van der Waals surface area contributed by atoms with Crippen LogP contribution in [0.1, 0.15) is 79.9 Å². The number of aromatic nitrogens is 2. The summed E-state index contributed by atoms with van der Waals surface area (Å²) >= 11 is 0. The van der Waals surface area contributed by atoms with Gasteiger partial charge in [0, 0.05) is 64.2 Å². The number of likely N-dealkylation sites (tertiary alicyclic amines) is 1. The minimum Gasteiger partial charge on any atom is -0.496 e. The summed E-state index contributed by atoms with van der Waals surface area (Å²) in [4.78, 5) is 54.3. The molecule has 2 aromatic heterocycles. The lowest BCUT2D eigenvalue weighted by Gasteiger charge is -2.57. The van der Waals surface area contributed by atoms with E-state index in [1.807, 2.05) is 4.90 Å². The number of piperidine rings is 3. The number of esters is 2. The molecule has 3 unspecified atom stereocenters. The summed E-state index contributed by atoms with van der Waals surface area (Å²) in [5, 5.41) is 2.23. The highest BCUT2D eigenvalue weighted by atomic mass is 16.5. The number of hydrogen-bond donors (Lipinski definition) is 2. The standard InChI is InChI=1S/C43H52N4O6/c1-7-22-17-24-20-43(42(50)53-6)38-27(15-16-47(39(22)43)40(24)48)26-13-14-33(51-4)35(37(26)45-38)30-18-28-23(8-2)21-46(3)32(34(28)41(49)52-5)19-29-25-11-9-10-12-31(25)44-36(29)30/h9-14,22-24,28,30,32,34,39,44-45H,7-8,15-21H2,1-6H3/t22-,23-,24?,28-,30-,32-,34?,39-,43?/m0/s1. The molecule has 4 aromatic rings. The van der Waals surface area contributed by atoms with E-state index in [1.54, 1.807) is 7.11 Å². The molecule has 4 fully saturated rings. The first-order chi connectivity index (χ1) is 25.7. The van der Waals surface area contributed by atoms with Crippen LogP contribution in [0.5, 0.6) is 5.75 Å². The maximum Gasteiger partial charge on any atom is 0.319 e. The minimum atomic E-state index is -0.987. The highest BCUT2D eigenvalue weighted by Crippen LogP contribution is 2.57. The normalized spacial score (nSPS) is 32.1. The molecule has 1 saturated carbocycles. The van der Waals surface area contributed by atoms with Gasteiger partial charge in [0.2, 0.25) is 5.91 Å². The van der Waals surface area contributed by atoms with Gasteiger partial charge in [0.25, 0.3) is 0 Å². The fourth-order valence-electron chi connectivity index (χ4n) is 12.3. The van der Waals surface area contributed by atoms with Crippen molar-refractivity contribution in [1.29, 1.82) is 0 Å². The van der Waals surface area contributed by atoms with Gasteiger partial charge >= 0.3 is 11.9 Å². The number of nitrogens with zero attached hydrogens (tertiary/aromatic N) is 2. The number of carbonyl (C=O) groups is 3. The maximum absolute atomic E-state index is 14.4. The number of carbonyl (C=O) groups excluding carboxylic acids is 3. The fourth-order valence-corrected chi connectivity index (χ4v) is 12.3. The molecular formula is C43H52N4O6. The Morgan fingerprint density at radius 1 is 0.943 bits per heavy atom. The second-order valence-corrected chi connectivity index (χ2v) is 16.5. The molecule has 2 aromatic carbocycles. The van der Waals surface area contributed by atoms with Crippen molar-refractivity contribution in [2.45, 2.75) is 82.2 Å². The number of aromatic amines is 2. The molecule has 10 rings (SSSR count). The van der Waals surface area contributed by atoms with Crippen molar-refractivity contribution in [3.05, 3.63) is 64.5 Å². The largest absolute Gasteiger partial charge is 0.496 e. The molecule has 6 heterocycles. The first-order valence-electron chi connectivity index (χ1n) is 19.7. The number of H-pyrrole nitrogens is 2. The van der Waals surface area contributed by atoms with Gasteiger partial charge in [0.1, 0.15) is 11.2 Å². The number of benzene rings is 2. The average molecular weight is 721 g/mol. The van der Waals surface area contributed by atoms with E-state index >= 15 is 0 Å². The van der Waals surface area contributed by atoms with Gasteiger partial charge in [0.15, 0.2) is 0 Å². The SMILES string of the molecule is CC[C@H]1CN(C)[C@H]2Cc3c([nH]c4ccccc34)[C@H](c3c(OC)ccc4c5c([nH]c34)C3(C(=O)OC)CC4C[C@H](CC)[C@@H]3N(CC5)C4=O)C[C@@H]1C2C(=O)OC. The fraction of sp³-hybridized carbons (Fsp3) is 0.558. The molecule has 10 heteroatoms. The Labute approximate surface area is 310 Å². The second-order valence-electron chi connectivity index (χ2n) is 16.5. The maximum atomic E-state index is 14.4. The Morgan fingerprint density at radius 3 is 2.47 bits per heavy atom. The molecular weight excluding hydrogens is 668 g/mol. The van der Waals surface area contributed by atoms with Gasteiger partial charge in [-0.3, -0.25) is 14.4 Å². The first-order valence-corrected chi connectivity index (χ1v) is 19.7. The van der Waals surface area contributed by atoms with Crippen LogP contribution in [0.25, 0.3) is 21.8 Å². The molecule has 4 aliphatic heterocycles. The van der Waals surface area contributed by atoms with Crippen LogP contribution >= 0.6 is 0 Å². The van der Waals surface area contributed by atoms with Crippen molar-refractivity contribution >= 4 is 39.7 Å². The van der Waals surface area contributed by atoms with Crippen molar-refractivity contribution in [2.24, 2.45) is 29.6 Å². The predicted molar refractivity (Wildman–Crippen MR) is 202 cm³/mol. The molecule has 0 spiro atoms. The van der Waals surface area contributed by atoms with E-state index in [0.29, 0.717) is 25.3 Å².